The Kier molecular flexibility index (Phi) is 5.03. The van der Waals surface area contributed by atoms with Crippen LogP contribution in [0.1, 0.15) is 33.1 Å². The monoisotopic (exact) mass is 214 g/mol. The van der Waals surface area contributed by atoms with Gasteiger partial charge >= 0.3 is 0 Å². The Balaban J connectivity index is 2.13. The van der Waals surface area contributed by atoms with Crippen molar-refractivity contribution in [3.05, 3.63) is 0 Å². The maximum Gasteiger partial charge on any atom is 0.0462 e. The Morgan fingerprint density at radius 3 is 2.73 bits per heavy atom. The van der Waals surface area contributed by atoms with Crippen molar-refractivity contribution >= 4 is 0 Å². The fraction of sp³-hybridized carbons (Fsp3) is 1.00. The minimum Gasteiger partial charge on any atom is -0.385 e. The molecule has 1 heterocycles. The van der Waals surface area contributed by atoms with E-state index in [0.29, 0.717) is 11.5 Å². The van der Waals surface area contributed by atoms with Gasteiger partial charge in [0, 0.05) is 32.8 Å². The van der Waals surface area contributed by atoms with Gasteiger partial charge in [-0.1, -0.05) is 13.8 Å². The van der Waals surface area contributed by atoms with Gasteiger partial charge in [0.15, 0.2) is 0 Å². The first-order valence-electron chi connectivity index (χ1n) is 6.00. The quantitative estimate of drug-likeness (QED) is 0.681. The van der Waals surface area contributed by atoms with Gasteiger partial charge in [-0.2, -0.15) is 0 Å². The van der Waals surface area contributed by atoms with Crippen molar-refractivity contribution in [1.82, 2.24) is 4.90 Å². The summed E-state index contributed by atoms with van der Waals surface area (Å²) in [5.41, 5.74) is 6.58. The van der Waals surface area contributed by atoms with Gasteiger partial charge in [-0.05, 0) is 31.2 Å². The minimum absolute atomic E-state index is 0.314. The molecule has 0 amide bonds. The normalized spacial score (nSPS) is 23.2. The summed E-state index contributed by atoms with van der Waals surface area (Å²) in [6.45, 7) is 8.97. The van der Waals surface area contributed by atoms with Gasteiger partial charge in [-0.25, -0.2) is 0 Å². The molecule has 0 aromatic carbocycles. The summed E-state index contributed by atoms with van der Waals surface area (Å²) >= 11 is 0. The molecule has 0 saturated carbocycles. The predicted octanol–water partition coefficient (Wildman–Crippen LogP) is 1.47. The Bertz CT molecular complexity index is 182. The SMILES string of the molecule is COCCCC(N)CN1CCC(C)(C)C1. The molecule has 0 aromatic heterocycles. The van der Waals surface area contributed by atoms with Gasteiger partial charge < -0.3 is 15.4 Å². The highest BCUT2D eigenvalue weighted by molar-refractivity contribution is 4.84. The zero-order valence-electron chi connectivity index (χ0n) is 10.5. The second-order valence-electron chi connectivity index (χ2n) is 5.54. The van der Waals surface area contributed by atoms with Gasteiger partial charge in [-0.15, -0.1) is 0 Å². The average molecular weight is 214 g/mol. The first-order chi connectivity index (χ1) is 7.03. The fourth-order valence-corrected chi connectivity index (χ4v) is 2.29. The van der Waals surface area contributed by atoms with E-state index in [2.05, 4.69) is 18.7 Å². The predicted molar refractivity (Wildman–Crippen MR) is 63.9 cm³/mol. The molecule has 0 aromatic rings. The lowest BCUT2D eigenvalue weighted by atomic mass is 9.93. The Hall–Kier alpha value is -0.120. The van der Waals surface area contributed by atoms with Gasteiger partial charge in [0.1, 0.15) is 0 Å². The summed E-state index contributed by atoms with van der Waals surface area (Å²) in [5, 5.41) is 0. The van der Waals surface area contributed by atoms with Crippen LogP contribution in [0, 0.1) is 5.41 Å². The van der Waals surface area contributed by atoms with Crippen LogP contribution in [0.15, 0.2) is 0 Å². The number of ether oxygens (including phenoxy) is 1. The lowest BCUT2D eigenvalue weighted by Crippen LogP contribution is -2.37. The van der Waals surface area contributed by atoms with Gasteiger partial charge in [0.2, 0.25) is 0 Å². The summed E-state index contributed by atoms with van der Waals surface area (Å²) in [6.07, 6.45) is 3.46. The molecule has 1 saturated heterocycles. The van der Waals surface area contributed by atoms with E-state index in [-0.39, 0.29) is 0 Å². The van der Waals surface area contributed by atoms with Crippen molar-refractivity contribution in [2.75, 3.05) is 33.4 Å². The Morgan fingerprint density at radius 1 is 1.47 bits per heavy atom. The van der Waals surface area contributed by atoms with E-state index in [1.165, 1.54) is 19.5 Å². The van der Waals surface area contributed by atoms with Crippen LogP contribution in [0.5, 0.6) is 0 Å². The molecular weight excluding hydrogens is 188 g/mol. The summed E-state index contributed by atoms with van der Waals surface area (Å²) in [7, 11) is 1.74. The summed E-state index contributed by atoms with van der Waals surface area (Å²) in [6, 6.07) is 0.314. The molecule has 2 N–H and O–H groups in total. The third-order valence-corrected chi connectivity index (χ3v) is 3.17. The highest BCUT2D eigenvalue weighted by atomic mass is 16.5. The summed E-state index contributed by atoms with van der Waals surface area (Å²) in [4.78, 5) is 2.50. The molecule has 1 aliphatic rings. The van der Waals surface area contributed by atoms with Crippen LogP contribution in [-0.2, 0) is 4.74 Å². The van der Waals surface area contributed by atoms with E-state index in [1.807, 2.05) is 0 Å². The first-order valence-corrected chi connectivity index (χ1v) is 6.00. The molecule has 1 fully saturated rings. The lowest BCUT2D eigenvalue weighted by Gasteiger charge is -2.22. The van der Waals surface area contributed by atoms with Gasteiger partial charge in [0.25, 0.3) is 0 Å². The standard InChI is InChI=1S/C12H26N2O/c1-12(2)6-7-14(10-12)9-11(13)5-4-8-15-3/h11H,4-10,13H2,1-3H3. The number of rotatable bonds is 6. The largest absolute Gasteiger partial charge is 0.385 e. The minimum atomic E-state index is 0.314. The highest BCUT2D eigenvalue weighted by Crippen LogP contribution is 2.28. The van der Waals surface area contributed by atoms with Crippen molar-refractivity contribution in [3.8, 4) is 0 Å². The van der Waals surface area contributed by atoms with E-state index < -0.39 is 0 Å². The first kappa shape index (κ1) is 12.9. The molecule has 1 atom stereocenters. The maximum atomic E-state index is 6.09. The van der Waals surface area contributed by atoms with E-state index >= 15 is 0 Å². The zero-order valence-corrected chi connectivity index (χ0v) is 10.5. The number of nitrogens with zero attached hydrogens (tertiary/aromatic N) is 1. The number of likely N-dealkylation sites (tertiary alicyclic amines) is 1. The third-order valence-electron chi connectivity index (χ3n) is 3.17. The van der Waals surface area contributed by atoms with Crippen molar-refractivity contribution in [2.24, 2.45) is 11.1 Å². The van der Waals surface area contributed by atoms with Crippen molar-refractivity contribution < 1.29 is 4.74 Å². The van der Waals surface area contributed by atoms with Crippen LogP contribution in [0.25, 0.3) is 0 Å². The number of hydrogen-bond acceptors (Lipinski definition) is 3. The van der Waals surface area contributed by atoms with Crippen molar-refractivity contribution in [1.29, 1.82) is 0 Å². The molecule has 1 unspecified atom stereocenters. The Labute approximate surface area is 94.0 Å². The number of nitrogens with two attached hydrogens (primary N) is 1. The topological polar surface area (TPSA) is 38.5 Å². The lowest BCUT2D eigenvalue weighted by molar-refractivity contribution is 0.186. The van der Waals surface area contributed by atoms with Crippen LogP contribution >= 0.6 is 0 Å². The Morgan fingerprint density at radius 2 is 2.20 bits per heavy atom. The maximum absolute atomic E-state index is 6.09. The third kappa shape index (κ3) is 4.96. The molecule has 3 nitrogen and oxygen atoms in total. The van der Waals surface area contributed by atoms with E-state index in [9.17, 15) is 0 Å². The van der Waals surface area contributed by atoms with Gasteiger partial charge in [0.05, 0.1) is 0 Å². The molecule has 1 aliphatic heterocycles. The fourth-order valence-electron chi connectivity index (χ4n) is 2.29. The van der Waals surface area contributed by atoms with Crippen molar-refractivity contribution in [2.45, 2.75) is 39.2 Å². The molecule has 0 spiro atoms. The summed E-state index contributed by atoms with van der Waals surface area (Å²) < 4.78 is 5.03. The van der Waals surface area contributed by atoms with Crippen LogP contribution in [0.4, 0.5) is 0 Å². The molecule has 3 heteroatoms. The van der Waals surface area contributed by atoms with Gasteiger partial charge in [-0.3, -0.25) is 0 Å². The smallest absolute Gasteiger partial charge is 0.0462 e. The molecule has 15 heavy (non-hydrogen) atoms. The molecular formula is C12H26N2O. The van der Waals surface area contributed by atoms with Crippen LogP contribution in [0.2, 0.25) is 0 Å². The second-order valence-corrected chi connectivity index (χ2v) is 5.54. The van der Waals surface area contributed by atoms with Crippen LogP contribution in [-0.4, -0.2) is 44.3 Å². The van der Waals surface area contributed by atoms with E-state index in [1.54, 1.807) is 7.11 Å². The molecule has 0 bridgehead atoms. The number of hydrogen-bond donors (Lipinski definition) is 1. The van der Waals surface area contributed by atoms with Crippen LogP contribution in [0.3, 0.4) is 0 Å². The number of methoxy groups -OCH3 is 1. The summed E-state index contributed by atoms with van der Waals surface area (Å²) in [5.74, 6) is 0. The van der Waals surface area contributed by atoms with Crippen molar-refractivity contribution in [3.63, 3.8) is 0 Å². The zero-order chi connectivity index (χ0) is 11.3. The van der Waals surface area contributed by atoms with E-state index in [4.69, 9.17) is 10.5 Å². The molecule has 90 valence electrons. The van der Waals surface area contributed by atoms with Crippen LogP contribution < -0.4 is 5.73 Å². The highest BCUT2D eigenvalue weighted by Gasteiger charge is 2.29. The molecule has 0 aliphatic carbocycles. The molecule has 0 radical (unpaired) electrons. The average Bonchev–Trinajstić information content (AvgIpc) is 2.46. The second kappa shape index (κ2) is 5.83. The molecule has 1 rings (SSSR count). The van der Waals surface area contributed by atoms with E-state index in [0.717, 1.165) is 26.0 Å².